The molecule has 7 heteroatoms. The van der Waals surface area contributed by atoms with Crippen LogP contribution in [0.1, 0.15) is 45.5 Å². The second kappa shape index (κ2) is 10.8. The first-order chi connectivity index (χ1) is 15.4. The number of methoxy groups -OCH3 is 2. The van der Waals surface area contributed by atoms with Crippen molar-refractivity contribution in [2.45, 2.75) is 26.2 Å². The molecule has 2 amide bonds. The molecule has 3 rings (SSSR count). The van der Waals surface area contributed by atoms with E-state index in [0.29, 0.717) is 55.2 Å². The summed E-state index contributed by atoms with van der Waals surface area (Å²) < 4.78 is 10.5. The zero-order chi connectivity index (χ0) is 23.1. The van der Waals surface area contributed by atoms with Crippen LogP contribution in [0.2, 0.25) is 0 Å². The molecule has 32 heavy (non-hydrogen) atoms. The lowest BCUT2D eigenvalue weighted by molar-refractivity contribution is -0.131. The van der Waals surface area contributed by atoms with E-state index >= 15 is 0 Å². The zero-order valence-electron chi connectivity index (χ0n) is 18.9. The Hall–Kier alpha value is -3.35. The van der Waals surface area contributed by atoms with E-state index in [4.69, 9.17) is 9.47 Å². The van der Waals surface area contributed by atoms with Gasteiger partial charge in [-0.3, -0.25) is 14.4 Å². The van der Waals surface area contributed by atoms with E-state index in [0.717, 1.165) is 5.56 Å². The maximum absolute atomic E-state index is 13.0. The second-order valence-electron chi connectivity index (χ2n) is 7.89. The average Bonchev–Trinajstić information content (AvgIpc) is 3.08. The predicted octanol–water partition coefficient (Wildman–Crippen LogP) is 3.35. The van der Waals surface area contributed by atoms with Gasteiger partial charge in [0.25, 0.3) is 5.91 Å². The van der Waals surface area contributed by atoms with E-state index in [2.05, 4.69) is 0 Å². The van der Waals surface area contributed by atoms with E-state index in [1.54, 1.807) is 47.2 Å². The van der Waals surface area contributed by atoms with E-state index in [1.807, 2.05) is 19.1 Å². The first kappa shape index (κ1) is 23.3. The Kier molecular flexibility index (Phi) is 7.87. The summed E-state index contributed by atoms with van der Waals surface area (Å²) in [6.07, 6.45) is 1.06. The summed E-state index contributed by atoms with van der Waals surface area (Å²) in [4.78, 5) is 41.5. The van der Waals surface area contributed by atoms with E-state index < -0.39 is 0 Å². The van der Waals surface area contributed by atoms with E-state index in [9.17, 15) is 14.4 Å². The SMILES string of the molecule is COc1ccc(C(=O)N2CCCN(C(=O)CCC(=O)c3ccc(C)cc3)CC2)cc1OC. The monoisotopic (exact) mass is 438 g/mol. The number of hydrogen-bond acceptors (Lipinski definition) is 5. The standard InChI is InChI=1S/C25H30N2O5/c1-18-5-7-19(8-6-18)21(28)10-12-24(29)26-13-4-14-27(16-15-26)25(30)20-9-11-22(31-2)23(17-20)32-3/h5-9,11,17H,4,10,12-16H2,1-3H3. The minimum Gasteiger partial charge on any atom is -0.493 e. The highest BCUT2D eigenvalue weighted by molar-refractivity contribution is 5.98. The molecule has 170 valence electrons. The van der Waals surface area contributed by atoms with Crippen LogP contribution in [0.4, 0.5) is 0 Å². The van der Waals surface area contributed by atoms with Gasteiger partial charge >= 0.3 is 0 Å². The Morgan fingerprint density at radius 3 is 2.09 bits per heavy atom. The van der Waals surface area contributed by atoms with Crippen LogP contribution in [-0.2, 0) is 4.79 Å². The minimum atomic E-state index is -0.102. The minimum absolute atomic E-state index is 0.0292. The van der Waals surface area contributed by atoms with Crippen LogP contribution in [0.25, 0.3) is 0 Å². The zero-order valence-corrected chi connectivity index (χ0v) is 18.9. The fourth-order valence-corrected chi connectivity index (χ4v) is 3.78. The quantitative estimate of drug-likeness (QED) is 0.620. The molecule has 0 atom stereocenters. The number of carbonyl (C=O) groups excluding carboxylic acids is 3. The van der Waals surface area contributed by atoms with Crippen LogP contribution in [0.15, 0.2) is 42.5 Å². The summed E-state index contributed by atoms with van der Waals surface area (Å²) in [6, 6.07) is 12.5. The molecule has 1 fully saturated rings. The molecule has 0 aliphatic carbocycles. The van der Waals surface area contributed by atoms with Gasteiger partial charge in [0.2, 0.25) is 5.91 Å². The fraction of sp³-hybridized carbons (Fsp3) is 0.400. The number of hydrogen-bond donors (Lipinski definition) is 0. The van der Waals surface area contributed by atoms with Crippen molar-refractivity contribution in [3.8, 4) is 11.5 Å². The van der Waals surface area contributed by atoms with Crippen LogP contribution in [0.5, 0.6) is 11.5 Å². The summed E-state index contributed by atoms with van der Waals surface area (Å²) in [5.41, 5.74) is 2.24. The van der Waals surface area contributed by atoms with Crippen LogP contribution < -0.4 is 9.47 Å². The lowest BCUT2D eigenvalue weighted by atomic mass is 10.0. The molecule has 0 spiro atoms. The van der Waals surface area contributed by atoms with Gasteiger partial charge in [-0.25, -0.2) is 0 Å². The van der Waals surface area contributed by atoms with Crippen LogP contribution in [0, 0.1) is 6.92 Å². The summed E-state index contributed by atoms with van der Waals surface area (Å²) >= 11 is 0. The highest BCUT2D eigenvalue weighted by Gasteiger charge is 2.24. The van der Waals surface area contributed by atoms with Crippen molar-refractivity contribution in [2.24, 2.45) is 0 Å². The number of aryl methyl sites for hydroxylation is 1. The van der Waals surface area contributed by atoms with Crippen molar-refractivity contribution in [2.75, 3.05) is 40.4 Å². The topological polar surface area (TPSA) is 76.2 Å². The van der Waals surface area contributed by atoms with Crippen LogP contribution >= 0.6 is 0 Å². The first-order valence-electron chi connectivity index (χ1n) is 10.8. The van der Waals surface area contributed by atoms with Crippen molar-refractivity contribution in [3.63, 3.8) is 0 Å². The van der Waals surface area contributed by atoms with Crippen molar-refractivity contribution in [1.82, 2.24) is 9.80 Å². The molecule has 0 radical (unpaired) electrons. The number of rotatable bonds is 7. The van der Waals surface area contributed by atoms with Crippen LogP contribution in [0.3, 0.4) is 0 Å². The smallest absolute Gasteiger partial charge is 0.254 e. The number of ether oxygens (including phenoxy) is 2. The number of Topliss-reactive ketones (excluding diaryl/α,β-unsaturated/α-hetero) is 1. The highest BCUT2D eigenvalue weighted by Crippen LogP contribution is 2.28. The van der Waals surface area contributed by atoms with Crippen molar-refractivity contribution < 1.29 is 23.9 Å². The Labute approximate surface area is 188 Å². The lowest BCUT2D eigenvalue weighted by Crippen LogP contribution is -2.37. The van der Waals surface area contributed by atoms with Gasteiger partial charge in [0.05, 0.1) is 14.2 Å². The molecule has 1 heterocycles. The fourth-order valence-electron chi connectivity index (χ4n) is 3.78. The maximum atomic E-state index is 13.0. The molecule has 0 N–H and O–H groups in total. The van der Waals surface area contributed by atoms with Gasteiger partial charge in [0.15, 0.2) is 17.3 Å². The van der Waals surface area contributed by atoms with Crippen molar-refractivity contribution >= 4 is 17.6 Å². The summed E-state index contributed by atoms with van der Waals surface area (Å²) in [5, 5.41) is 0. The first-order valence-corrected chi connectivity index (χ1v) is 10.8. The molecule has 1 aliphatic heterocycles. The third-order valence-electron chi connectivity index (χ3n) is 5.71. The van der Waals surface area contributed by atoms with Crippen molar-refractivity contribution in [1.29, 1.82) is 0 Å². The molecule has 1 aliphatic rings. The number of amides is 2. The third kappa shape index (κ3) is 5.66. The highest BCUT2D eigenvalue weighted by atomic mass is 16.5. The Bertz CT molecular complexity index is 971. The largest absolute Gasteiger partial charge is 0.493 e. The van der Waals surface area contributed by atoms with Gasteiger partial charge in [-0.2, -0.15) is 0 Å². The van der Waals surface area contributed by atoms with Crippen LogP contribution in [-0.4, -0.2) is 67.8 Å². The predicted molar refractivity (Wildman–Crippen MR) is 121 cm³/mol. The van der Waals surface area contributed by atoms with Gasteiger partial charge in [0, 0.05) is 50.1 Å². The number of nitrogens with zero attached hydrogens (tertiary/aromatic N) is 2. The molecule has 0 aromatic heterocycles. The van der Waals surface area contributed by atoms with Gasteiger partial charge in [-0.15, -0.1) is 0 Å². The molecule has 2 aromatic carbocycles. The van der Waals surface area contributed by atoms with Gasteiger partial charge < -0.3 is 19.3 Å². The Balaban J connectivity index is 1.55. The molecular weight excluding hydrogens is 408 g/mol. The number of benzene rings is 2. The van der Waals surface area contributed by atoms with E-state index in [1.165, 1.54) is 7.11 Å². The maximum Gasteiger partial charge on any atom is 0.254 e. The molecule has 0 bridgehead atoms. The number of carbonyl (C=O) groups is 3. The molecule has 7 nitrogen and oxygen atoms in total. The van der Waals surface area contributed by atoms with Crippen molar-refractivity contribution in [3.05, 3.63) is 59.2 Å². The van der Waals surface area contributed by atoms with Gasteiger partial charge in [-0.1, -0.05) is 29.8 Å². The average molecular weight is 439 g/mol. The third-order valence-corrected chi connectivity index (χ3v) is 5.71. The summed E-state index contributed by atoms with van der Waals surface area (Å²) in [6.45, 7) is 4.02. The second-order valence-corrected chi connectivity index (χ2v) is 7.89. The number of ketones is 1. The molecule has 0 saturated carbocycles. The normalized spacial score (nSPS) is 14.0. The lowest BCUT2D eigenvalue weighted by Gasteiger charge is -2.22. The van der Waals surface area contributed by atoms with E-state index in [-0.39, 0.29) is 30.4 Å². The molecule has 1 saturated heterocycles. The van der Waals surface area contributed by atoms with Gasteiger partial charge in [-0.05, 0) is 31.5 Å². The molecule has 2 aromatic rings. The Morgan fingerprint density at radius 1 is 0.781 bits per heavy atom. The Morgan fingerprint density at radius 2 is 1.41 bits per heavy atom. The summed E-state index contributed by atoms with van der Waals surface area (Å²) in [7, 11) is 3.08. The summed E-state index contributed by atoms with van der Waals surface area (Å²) in [5.74, 6) is 0.888. The molecule has 0 unspecified atom stereocenters. The molecular formula is C25H30N2O5. The van der Waals surface area contributed by atoms with Gasteiger partial charge in [0.1, 0.15) is 0 Å².